The van der Waals surface area contributed by atoms with Gasteiger partial charge in [-0.1, -0.05) is 6.92 Å². The van der Waals surface area contributed by atoms with E-state index in [1.807, 2.05) is 0 Å². The van der Waals surface area contributed by atoms with Crippen LogP contribution in [0.2, 0.25) is 0 Å². The molecule has 0 radical (unpaired) electrons. The Kier molecular flexibility index (Phi) is 2.45. The molecule has 0 spiro atoms. The molecule has 0 saturated heterocycles. The third kappa shape index (κ3) is 1.67. The summed E-state index contributed by atoms with van der Waals surface area (Å²) in [6.07, 6.45) is 2.19. The lowest BCUT2D eigenvalue weighted by Crippen LogP contribution is -1.54. The van der Waals surface area contributed by atoms with Crippen LogP contribution in [0.25, 0.3) is 0 Å². The molecule has 24 valence electrons. The fourth-order valence-corrected chi connectivity index (χ4v) is 0. The molecule has 0 saturated carbocycles. The summed E-state index contributed by atoms with van der Waals surface area (Å²) in [5, 5.41) is 0. The van der Waals surface area contributed by atoms with Crippen molar-refractivity contribution < 1.29 is 4.79 Å². The maximum absolute atomic E-state index is 9.05. The summed E-state index contributed by atoms with van der Waals surface area (Å²) < 4.78 is 0. The zero-order valence-corrected chi connectivity index (χ0v) is 2.62. The minimum atomic E-state index is 0.514. The fraction of sp³-hybridized carbons (Fsp3) is 0.667. The van der Waals surface area contributed by atoms with Gasteiger partial charge in [0.05, 0.1) is 0 Å². The lowest BCUT2D eigenvalue weighted by molar-refractivity contribution is 0.554. The quantitative estimate of drug-likeness (QED) is 0.401. The first-order valence-electron chi connectivity index (χ1n) is 1.26. The van der Waals surface area contributed by atoms with Crippen molar-refractivity contribution in [3.05, 3.63) is 0 Å². The molecule has 0 aliphatic carbocycles. The van der Waals surface area contributed by atoms with E-state index in [-0.39, 0.29) is 0 Å². The van der Waals surface area contributed by atoms with Gasteiger partial charge in [0, 0.05) is 0 Å². The second-order valence-electron chi connectivity index (χ2n) is 0.498. The van der Waals surface area contributed by atoms with E-state index in [1.54, 1.807) is 13.2 Å². The first-order valence-corrected chi connectivity index (χ1v) is 1.26. The van der Waals surface area contributed by atoms with Crippen LogP contribution in [0.4, 0.5) is 0 Å². The fourth-order valence-electron chi connectivity index (χ4n) is 0. The maximum atomic E-state index is 9.05. The van der Waals surface area contributed by atoms with Crippen LogP contribution in [0, 0.1) is 0 Å². The second kappa shape index (κ2) is 2.67. The van der Waals surface area contributed by atoms with Gasteiger partial charge in [0.1, 0.15) is 0 Å². The van der Waals surface area contributed by atoms with Gasteiger partial charge in [0.25, 0.3) is 0 Å². The molecule has 1 heteroatoms. The SMILES string of the molecule is CC[C-]=O. The van der Waals surface area contributed by atoms with Gasteiger partial charge in [-0.3, -0.25) is 6.29 Å². The Morgan fingerprint density at radius 2 is 2.25 bits per heavy atom. The zero-order valence-electron chi connectivity index (χ0n) is 2.62. The minimum absolute atomic E-state index is 0.514. The maximum Gasteiger partial charge on any atom is -0.0895 e. The molecular weight excluding hydrogens is 52.0 g/mol. The molecule has 0 amide bonds. The van der Waals surface area contributed by atoms with Gasteiger partial charge >= 0.3 is 0 Å². The average molecular weight is 57.1 g/mol. The van der Waals surface area contributed by atoms with Gasteiger partial charge in [0.15, 0.2) is 0 Å². The Balaban J connectivity index is 2.30. The van der Waals surface area contributed by atoms with Crippen molar-refractivity contribution in [2.24, 2.45) is 0 Å². The van der Waals surface area contributed by atoms with Crippen molar-refractivity contribution in [2.45, 2.75) is 13.3 Å². The van der Waals surface area contributed by atoms with E-state index in [9.17, 15) is 0 Å². The normalized spacial score (nSPS) is 6.25. The van der Waals surface area contributed by atoms with Crippen LogP contribution in [0.1, 0.15) is 13.3 Å². The summed E-state index contributed by atoms with van der Waals surface area (Å²) in [5.74, 6) is 0. The van der Waals surface area contributed by atoms with Gasteiger partial charge < -0.3 is 4.79 Å². The first-order chi connectivity index (χ1) is 1.91. The number of rotatable bonds is 1. The van der Waals surface area contributed by atoms with Crippen molar-refractivity contribution in [1.29, 1.82) is 0 Å². The largest absolute Gasteiger partial charge is 0.542 e. The summed E-state index contributed by atoms with van der Waals surface area (Å²) in [5.41, 5.74) is 0. The molecule has 0 aromatic rings. The summed E-state index contributed by atoms with van der Waals surface area (Å²) in [6.45, 7) is 1.76. The van der Waals surface area contributed by atoms with E-state index < -0.39 is 0 Å². The predicted molar refractivity (Wildman–Crippen MR) is 16.0 cm³/mol. The summed E-state index contributed by atoms with van der Waals surface area (Å²) in [7, 11) is 0. The Bertz CT molecular complexity index is 17.2. The zero-order chi connectivity index (χ0) is 3.41. The van der Waals surface area contributed by atoms with Crippen molar-refractivity contribution in [3.63, 3.8) is 0 Å². The molecule has 4 heavy (non-hydrogen) atoms. The molecule has 0 aliphatic heterocycles. The standard InChI is InChI=1S/C3H5O/c1-2-3-4/h2H2,1H3/q-1. The van der Waals surface area contributed by atoms with E-state index in [0.29, 0.717) is 6.42 Å². The Labute approximate surface area is 25.6 Å². The Morgan fingerprint density at radius 1 is 2.00 bits per heavy atom. The molecule has 0 aromatic carbocycles. The summed E-state index contributed by atoms with van der Waals surface area (Å²) in [6, 6.07) is 0. The van der Waals surface area contributed by atoms with Gasteiger partial charge in [-0.05, 0) is 0 Å². The smallest absolute Gasteiger partial charge is 0.0895 e. The van der Waals surface area contributed by atoms with E-state index in [2.05, 4.69) is 0 Å². The van der Waals surface area contributed by atoms with Gasteiger partial charge in [-0.25, -0.2) is 0 Å². The monoisotopic (exact) mass is 57.0 g/mol. The van der Waals surface area contributed by atoms with Crippen LogP contribution in [-0.4, -0.2) is 6.29 Å². The van der Waals surface area contributed by atoms with E-state index >= 15 is 0 Å². The third-order valence-corrected chi connectivity index (χ3v) is 0.144. The number of hydrogen-bond donors (Lipinski definition) is 0. The highest BCUT2D eigenvalue weighted by Crippen LogP contribution is 1.53. The lowest BCUT2D eigenvalue weighted by Gasteiger charge is -1.73. The Morgan fingerprint density at radius 3 is 2.25 bits per heavy atom. The van der Waals surface area contributed by atoms with Crippen molar-refractivity contribution in [1.82, 2.24) is 0 Å². The molecule has 0 aliphatic rings. The van der Waals surface area contributed by atoms with E-state index in [0.717, 1.165) is 0 Å². The molecule has 0 bridgehead atoms. The highest BCUT2D eigenvalue weighted by Gasteiger charge is 1.32. The molecule has 0 N–H and O–H groups in total. The van der Waals surface area contributed by atoms with E-state index in [1.165, 1.54) is 0 Å². The third-order valence-electron chi connectivity index (χ3n) is 0.144. The first kappa shape index (κ1) is 3.67. The highest BCUT2D eigenvalue weighted by molar-refractivity contribution is 5.49. The molecule has 0 heterocycles. The van der Waals surface area contributed by atoms with Crippen LogP contribution >= 0.6 is 0 Å². The predicted octanol–water partition coefficient (Wildman–Crippen LogP) is 0.506. The molecule has 0 fully saturated rings. The van der Waals surface area contributed by atoms with Crippen LogP contribution in [-0.2, 0) is 4.79 Å². The summed E-state index contributed by atoms with van der Waals surface area (Å²) in [4.78, 5) is 9.05. The molecule has 0 atom stereocenters. The van der Waals surface area contributed by atoms with Gasteiger partial charge in [-0.2, -0.15) is 6.42 Å². The molecule has 0 rings (SSSR count). The van der Waals surface area contributed by atoms with E-state index in [4.69, 9.17) is 4.79 Å². The average Bonchev–Trinajstić information content (AvgIpc) is 1.37. The number of carbonyl (C=O) groups excluding carboxylic acids is 1. The second-order valence-corrected chi connectivity index (χ2v) is 0.498. The van der Waals surface area contributed by atoms with Crippen LogP contribution in [0.5, 0.6) is 0 Å². The Hall–Kier alpha value is -0.330. The highest BCUT2D eigenvalue weighted by atomic mass is 16.1. The summed E-state index contributed by atoms with van der Waals surface area (Å²) >= 11 is 0. The molecular formula is C3H5O-. The van der Waals surface area contributed by atoms with Crippen LogP contribution in [0.3, 0.4) is 0 Å². The molecule has 1 nitrogen and oxygen atoms in total. The van der Waals surface area contributed by atoms with Crippen molar-refractivity contribution >= 4 is 6.29 Å². The minimum Gasteiger partial charge on any atom is -0.542 e. The molecule has 0 aromatic heterocycles. The van der Waals surface area contributed by atoms with Crippen LogP contribution in [0.15, 0.2) is 0 Å². The van der Waals surface area contributed by atoms with Crippen LogP contribution < -0.4 is 0 Å². The topological polar surface area (TPSA) is 17.1 Å². The van der Waals surface area contributed by atoms with Crippen molar-refractivity contribution in [3.8, 4) is 0 Å². The van der Waals surface area contributed by atoms with Crippen molar-refractivity contribution in [2.75, 3.05) is 0 Å². The number of hydrogen-bond acceptors (Lipinski definition) is 1. The molecule has 0 unspecified atom stereocenters. The van der Waals surface area contributed by atoms with Gasteiger partial charge in [0.2, 0.25) is 0 Å². The van der Waals surface area contributed by atoms with Gasteiger partial charge in [-0.15, -0.1) is 0 Å². The lowest BCUT2D eigenvalue weighted by atomic mass is 10.6.